The Bertz CT molecular complexity index is 965. The van der Waals surface area contributed by atoms with Crippen LogP contribution in [0.3, 0.4) is 0 Å². The Morgan fingerprint density at radius 3 is 2.71 bits per heavy atom. The fourth-order valence-corrected chi connectivity index (χ4v) is 2.98. The van der Waals surface area contributed by atoms with E-state index in [1.807, 2.05) is 5.43 Å². The molecule has 0 unspecified atom stereocenters. The van der Waals surface area contributed by atoms with E-state index in [2.05, 4.69) is 0 Å². The third-order valence-electron chi connectivity index (χ3n) is 3.93. The zero-order valence-corrected chi connectivity index (χ0v) is 15.0. The molecule has 1 saturated heterocycles. The van der Waals surface area contributed by atoms with Crippen molar-refractivity contribution in [1.82, 2.24) is 9.24 Å². The molecular formula is C16H16FN3O7S. The maximum Gasteiger partial charge on any atom is 0.352 e. The molecular weight excluding hydrogens is 397 g/mol. The molecule has 1 aromatic carbocycles. The van der Waals surface area contributed by atoms with Gasteiger partial charge in [0.1, 0.15) is 18.1 Å². The number of nitrogens with one attached hydrogen (secondary N) is 1. The first-order valence-electron chi connectivity index (χ1n) is 8.09. The minimum atomic E-state index is -1.37. The van der Waals surface area contributed by atoms with E-state index in [4.69, 9.17) is 14.0 Å². The summed E-state index contributed by atoms with van der Waals surface area (Å²) in [6.07, 6.45) is -2.63. The first kappa shape index (κ1) is 20.1. The van der Waals surface area contributed by atoms with Crippen LogP contribution in [0.5, 0.6) is 5.75 Å². The molecule has 1 aromatic heterocycles. The Morgan fingerprint density at radius 1 is 1.36 bits per heavy atom. The van der Waals surface area contributed by atoms with E-state index in [-0.39, 0.29) is 11.1 Å². The summed E-state index contributed by atoms with van der Waals surface area (Å²) in [6, 6.07) is 8.28. The Hall–Kier alpha value is -2.67. The van der Waals surface area contributed by atoms with Crippen molar-refractivity contribution >= 4 is 17.3 Å². The summed E-state index contributed by atoms with van der Waals surface area (Å²) >= 11 is 0.305. The molecule has 0 spiro atoms. The van der Waals surface area contributed by atoms with Gasteiger partial charge >= 0.3 is 16.5 Å². The van der Waals surface area contributed by atoms with E-state index in [9.17, 15) is 23.9 Å². The largest absolute Gasteiger partial charge is 0.416 e. The summed E-state index contributed by atoms with van der Waals surface area (Å²) in [7, 11) is 0. The lowest BCUT2D eigenvalue weighted by Crippen LogP contribution is -2.48. The molecule has 0 bridgehead atoms. The third-order valence-corrected chi connectivity index (χ3v) is 4.44. The van der Waals surface area contributed by atoms with Crippen LogP contribution in [0.2, 0.25) is 0 Å². The van der Waals surface area contributed by atoms with Gasteiger partial charge in [-0.15, -0.1) is 0 Å². The highest BCUT2D eigenvalue weighted by atomic mass is 32.2. The second kappa shape index (κ2) is 8.56. The summed E-state index contributed by atoms with van der Waals surface area (Å²) in [5.41, 5.74) is -0.503. The molecule has 150 valence electrons. The van der Waals surface area contributed by atoms with Gasteiger partial charge in [0, 0.05) is 6.42 Å². The maximum absolute atomic E-state index is 14.0. The first-order valence-corrected chi connectivity index (χ1v) is 8.83. The predicted molar refractivity (Wildman–Crippen MR) is 96.0 cm³/mol. The standard InChI is InChI=1S/C16H16FN3O7S/c17-10-7-19(13-6-11(22)12(8-21)26-13)16(25)20(14(10)23)18-15(24)28-27-9-4-2-1-3-5-9/h1-5,7,11-13,21-22H,6,8H2,(H,18,24)/t11-,12+,13+/m0/s1. The fourth-order valence-electron chi connectivity index (χ4n) is 2.57. The summed E-state index contributed by atoms with van der Waals surface area (Å²) in [4.78, 5) is 36.4. The summed E-state index contributed by atoms with van der Waals surface area (Å²) in [5, 5.41) is 18.0. The topological polar surface area (TPSA) is 132 Å². The van der Waals surface area contributed by atoms with Crippen LogP contribution >= 0.6 is 12.0 Å². The monoisotopic (exact) mass is 413 g/mol. The van der Waals surface area contributed by atoms with Crippen molar-refractivity contribution in [3.63, 3.8) is 0 Å². The number of ether oxygens (including phenoxy) is 1. The van der Waals surface area contributed by atoms with Crippen LogP contribution in [0.1, 0.15) is 12.6 Å². The van der Waals surface area contributed by atoms with Crippen molar-refractivity contribution in [2.24, 2.45) is 0 Å². The highest BCUT2D eigenvalue weighted by Crippen LogP contribution is 2.27. The molecule has 3 atom stereocenters. The number of aliphatic hydroxyl groups excluding tert-OH is 2. The van der Waals surface area contributed by atoms with Gasteiger partial charge in [-0.2, -0.15) is 9.07 Å². The zero-order valence-electron chi connectivity index (χ0n) is 14.2. The van der Waals surface area contributed by atoms with E-state index in [1.165, 1.54) is 0 Å². The van der Waals surface area contributed by atoms with Gasteiger partial charge < -0.3 is 19.1 Å². The lowest BCUT2D eigenvalue weighted by Gasteiger charge is -2.16. The van der Waals surface area contributed by atoms with Crippen LogP contribution in [0.25, 0.3) is 0 Å². The number of carbonyl (C=O) groups excluding carboxylic acids is 1. The van der Waals surface area contributed by atoms with Gasteiger partial charge in [0.25, 0.3) is 0 Å². The number of para-hydroxylation sites is 1. The molecule has 0 aliphatic carbocycles. The van der Waals surface area contributed by atoms with Crippen molar-refractivity contribution in [1.29, 1.82) is 0 Å². The van der Waals surface area contributed by atoms with Crippen molar-refractivity contribution in [2.45, 2.75) is 24.9 Å². The van der Waals surface area contributed by atoms with Crippen LogP contribution in [0, 0.1) is 5.82 Å². The van der Waals surface area contributed by atoms with E-state index in [0.717, 1.165) is 4.57 Å². The Balaban J connectivity index is 1.79. The molecule has 1 aliphatic heterocycles. The number of amides is 1. The number of hydrogen-bond donors (Lipinski definition) is 3. The molecule has 1 amide bonds. The average Bonchev–Trinajstić information content (AvgIpc) is 3.07. The fraction of sp³-hybridized carbons (Fsp3) is 0.312. The van der Waals surface area contributed by atoms with Crippen LogP contribution in [0.4, 0.5) is 9.18 Å². The lowest BCUT2D eigenvalue weighted by molar-refractivity contribution is -0.0465. The number of hydrogen-bond acceptors (Lipinski definition) is 8. The molecule has 2 heterocycles. The number of carbonyl (C=O) groups is 1. The summed E-state index contributed by atoms with van der Waals surface area (Å²) in [5.74, 6) is -0.963. The van der Waals surface area contributed by atoms with Crippen molar-refractivity contribution < 1.29 is 28.3 Å². The third kappa shape index (κ3) is 4.25. The maximum atomic E-state index is 14.0. The van der Waals surface area contributed by atoms with Crippen molar-refractivity contribution in [3.05, 3.63) is 63.2 Å². The number of nitrogens with zero attached hydrogens (tertiary/aromatic N) is 2. The van der Waals surface area contributed by atoms with Crippen LogP contribution in [-0.2, 0) is 4.74 Å². The van der Waals surface area contributed by atoms with Gasteiger partial charge in [0.05, 0.1) is 18.9 Å². The summed E-state index contributed by atoms with van der Waals surface area (Å²) < 4.78 is 25.3. The number of aliphatic hydroxyl groups is 2. The molecule has 12 heteroatoms. The van der Waals surface area contributed by atoms with E-state index in [0.29, 0.717) is 24.0 Å². The molecule has 1 aliphatic rings. The molecule has 3 rings (SSSR count). The van der Waals surface area contributed by atoms with Gasteiger partial charge in [-0.3, -0.25) is 14.2 Å². The molecule has 3 N–H and O–H groups in total. The number of benzene rings is 1. The highest BCUT2D eigenvalue weighted by molar-refractivity contribution is 8.10. The first-order chi connectivity index (χ1) is 13.4. The number of halogens is 1. The zero-order chi connectivity index (χ0) is 20.3. The van der Waals surface area contributed by atoms with E-state index >= 15 is 0 Å². The van der Waals surface area contributed by atoms with Crippen LogP contribution < -0.4 is 20.9 Å². The van der Waals surface area contributed by atoms with Gasteiger partial charge in [-0.1, -0.05) is 18.2 Å². The SMILES string of the molecule is O=C(Nn1c(=O)c(F)cn([C@H]2C[C@H](O)[C@@H](CO)O2)c1=O)SOc1ccccc1. The molecule has 0 saturated carbocycles. The van der Waals surface area contributed by atoms with E-state index < -0.39 is 47.3 Å². The minimum Gasteiger partial charge on any atom is -0.416 e. The average molecular weight is 413 g/mol. The Kier molecular flexibility index (Phi) is 6.14. The Morgan fingerprint density at radius 2 is 2.07 bits per heavy atom. The van der Waals surface area contributed by atoms with Crippen LogP contribution in [-0.4, -0.2) is 43.5 Å². The minimum absolute atomic E-state index is 0.109. The molecule has 2 aromatic rings. The normalized spacial score (nSPS) is 21.5. The Labute approximate surface area is 161 Å². The second-order valence-corrected chi connectivity index (χ2v) is 6.51. The van der Waals surface area contributed by atoms with Crippen molar-refractivity contribution in [3.8, 4) is 5.75 Å². The molecule has 0 radical (unpaired) electrons. The number of rotatable bonds is 5. The molecule has 10 nitrogen and oxygen atoms in total. The smallest absolute Gasteiger partial charge is 0.352 e. The quantitative estimate of drug-likeness (QED) is 0.592. The van der Waals surface area contributed by atoms with Gasteiger partial charge in [0.2, 0.25) is 5.82 Å². The lowest BCUT2D eigenvalue weighted by atomic mass is 10.2. The van der Waals surface area contributed by atoms with E-state index in [1.54, 1.807) is 30.3 Å². The van der Waals surface area contributed by atoms with Crippen LogP contribution in [0.15, 0.2) is 46.1 Å². The molecule has 28 heavy (non-hydrogen) atoms. The number of aromatic nitrogens is 2. The van der Waals surface area contributed by atoms with Crippen molar-refractivity contribution in [2.75, 3.05) is 12.0 Å². The van der Waals surface area contributed by atoms with Gasteiger partial charge in [0.15, 0.2) is 12.0 Å². The predicted octanol–water partition coefficient (Wildman–Crippen LogP) is 0.180. The van der Waals surface area contributed by atoms with Gasteiger partial charge in [-0.05, 0) is 12.1 Å². The summed E-state index contributed by atoms with van der Waals surface area (Å²) in [6.45, 7) is -0.501. The second-order valence-electron chi connectivity index (χ2n) is 5.80. The van der Waals surface area contributed by atoms with Gasteiger partial charge in [-0.25, -0.2) is 10.2 Å². The molecule has 1 fully saturated rings. The highest BCUT2D eigenvalue weighted by Gasteiger charge is 2.35.